The number of para-hydroxylation sites is 1. The Kier molecular flexibility index (Phi) is 6.63. The predicted molar refractivity (Wildman–Crippen MR) is 134 cm³/mol. The van der Waals surface area contributed by atoms with Gasteiger partial charge in [-0.1, -0.05) is 67.3 Å². The zero-order valence-electron chi connectivity index (χ0n) is 18.8. The van der Waals surface area contributed by atoms with Gasteiger partial charge in [-0.05, 0) is 30.9 Å². The highest BCUT2D eigenvalue weighted by molar-refractivity contribution is 6.33. The third kappa shape index (κ3) is 4.76. The van der Waals surface area contributed by atoms with Gasteiger partial charge in [0.15, 0.2) is 11.5 Å². The molecule has 5 rings (SSSR count). The lowest BCUT2D eigenvalue weighted by Gasteiger charge is -2.37. The fraction of sp³-hybridized carbons (Fsp3) is 0.423. The second kappa shape index (κ2) is 9.96. The molecule has 2 aromatic carbocycles. The molecule has 0 atom stereocenters. The first-order chi connectivity index (χ1) is 16.2. The van der Waals surface area contributed by atoms with Crippen molar-refractivity contribution >= 4 is 39.8 Å². The minimum absolute atomic E-state index is 0.126. The number of hydrogen-bond donors (Lipinski definition) is 1. The maximum atomic E-state index is 13.0. The quantitative estimate of drug-likeness (QED) is 0.582. The summed E-state index contributed by atoms with van der Waals surface area (Å²) in [6.45, 7) is 4.06. The van der Waals surface area contributed by atoms with Gasteiger partial charge in [0.2, 0.25) is 0 Å². The number of carbonyl (C=O) groups is 1. The smallest absolute Gasteiger partial charge is 0.272 e. The number of rotatable bonds is 5. The van der Waals surface area contributed by atoms with E-state index in [1.54, 1.807) is 0 Å². The normalized spacial score (nSPS) is 17.4. The van der Waals surface area contributed by atoms with E-state index >= 15 is 0 Å². The number of aromatic nitrogens is 2. The molecule has 2 fully saturated rings. The molecule has 1 saturated heterocycles. The van der Waals surface area contributed by atoms with Crippen LogP contribution in [-0.4, -0.2) is 48.8 Å². The average molecular weight is 464 g/mol. The maximum Gasteiger partial charge on any atom is 0.272 e. The van der Waals surface area contributed by atoms with Gasteiger partial charge in [-0.3, -0.25) is 4.79 Å². The van der Waals surface area contributed by atoms with Gasteiger partial charge in [0.1, 0.15) is 0 Å². The molecular formula is C26H30ClN5O. The summed E-state index contributed by atoms with van der Waals surface area (Å²) in [4.78, 5) is 17.5. The molecule has 1 aliphatic heterocycles. The molecule has 0 radical (unpaired) electrons. The zero-order chi connectivity index (χ0) is 22.6. The van der Waals surface area contributed by atoms with Gasteiger partial charge in [-0.15, -0.1) is 10.2 Å². The van der Waals surface area contributed by atoms with Gasteiger partial charge in [0.05, 0.1) is 10.7 Å². The van der Waals surface area contributed by atoms with Crippen molar-refractivity contribution < 1.29 is 4.79 Å². The Morgan fingerprint density at radius 1 is 0.879 bits per heavy atom. The summed E-state index contributed by atoms with van der Waals surface area (Å²) in [6, 6.07) is 15.9. The Bertz CT molecular complexity index is 1120. The Hall–Kier alpha value is -2.86. The van der Waals surface area contributed by atoms with Gasteiger partial charge < -0.3 is 15.1 Å². The monoisotopic (exact) mass is 463 g/mol. The summed E-state index contributed by atoms with van der Waals surface area (Å²) in [5.74, 6) is 1.29. The molecule has 7 heteroatoms. The Balaban J connectivity index is 1.32. The van der Waals surface area contributed by atoms with Crippen molar-refractivity contribution in [1.29, 1.82) is 0 Å². The average Bonchev–Trinajstić information content (AvgIpc) is 2.88. The first-order valence-electron chi connectivity index (χ1n) is 12.0. The van der Waals surface area contributed by atoms with Gasteiger partial charge in [0, 0.05) is 43.5 Å². The van der Waals surface area contributed by atoms with Crippen molar-refractivity contribution in [1.82, 2.24) is 15.5 Å². The SMILES string of the molecule is O=C(NCC1CCCCC1)c1nnc(N2CCN(c3ccccc3Cl)CC2)c2ccccc12. The van der Waals surface area contributed by atoms with Crippen molar-refractivity contribution in [2.75, 3.05) is 42.5 Å². The van der Waals surface area contributed by atoms with E-state index in [0.29, 0.717) is 11.6 Å². The van der Waals surface area contributed by atoms with Crippen molar-refractivity contribution in [2.45, 2.75) is 32.1 Å². The number of fused-ring (bicyclic) bond motifs is 1. The van der Waals surface area contributed by atoms with E-state index in [0.717, 1.165) is 60.0 Å². The first kappa shape index (κ1) is 22.0. The van der Waals surface area contributed by atoms with Crippen LogP contribution in [0, 0.1) is 5.92 Å². The lowest BCUT2D eigenvalue weighted by Crippen LogP contribution is -2.47. The Morgan fingerprint density at radius 2 is 1.55 bits per heavy atom. The lowest BCUT2D eigenvalue weighted by atomic mass is 9.89. The van der Waals surface area contributed by atoms with E-state index in [9.17, 15) is 4.79 Å². The Labute approximate surface area is 199 Å². The van der Waals surface area contributed by atoms with Crippen LogP contribution in [0.25, 0.3) is 10.8 Å². The maximum absolute atomic E-state index is 13.0. The van der Waals surface area contributed by atoms with E-state index in [-0.39, 0.29) is 5.91 Å². The number of anilines is 2. The van der Waals surface area contributed by atoms with Crippen LogP contribution >= 0.6 is 11.6 Å². The largest absolute Gasteiger partial charge is 0.367 e. The molecule has 2 heterocycles. The molecule has 172 valence electrons. The number of halogens is 1. The molecular weight excluding hydrogens is 434 g/mol. The molecule has 0 unspecified atom stereocenters. The number of nitrogens with zero attached hydrogens (tertiary/aromatic N) is 4. The van der Waals surface area contributed by atoms with Crippen LogP contribution in [-0.2, 0) is 0 Å². The molecule has 1 saturated carbocycles. The summed E-state index contributed by atoms with van der Waals surface area (Å²) in [5, 5.41) is 14.7. The fourth-order valence-corrected chi connectivity index (χ4v) is 5.33. The summed E-state index contributed by atoms with van der Waals surface area (Å²) < 4.78 is 0. The van der Waals surface area contributed by atoms with Crippen molar-refractivity contribution in [3.63, 3.8) is 0 Å². The van der Waals surface area contributed by atoms with Gasteiger partial charge in [0.25, 0.3) is 5.91 Å². The van der Waals surface area contributed by atoms with Crippen LogP contribution in [0.2, 0.25) is 5.02 Å². The highest BCUT2D eigenvalue weighted by Crippen LogP contribution is 2.30. The van der Waals surface area contributed by atoms with E-state index in [1.165, 1.54) is 32.1 Å². The number of amides is 1. The van der Waals surface area contributed by atoms with E-state index in [2.05, 4.69) is 31.4 Å². The molecule has 1 amide bonds. The second-order valence-corrected chi connectivity index (χ2v) is 9.46. The van der Waals surface area contributed by atoms with Crippen LogP contribution in [0.5, 0.6) is 0 Å². The Morgan fingerprint density at radius 3 is 2.30 bits per heavy atom. The van der Waals surface area contributed by atoms with Crippen LogP contribution in [0.4, 0.5) is 11.5 Å². The van der Waals surface area contributed by atoms with E-state index in [1.807, 2.05) is 42.5 Å². The molecule has 6 nitrogen and oxygen atoms in total. The van der Waals surface area contributed by atoms with E-state index < -0.39 is 0 Å². The van der Waals surface area contributed by atoms with E-state index in [4.69, 9.17) is 11.6 Å². The van der Waals surface area contributed by atoms with Gasteiger partial charge in [-0.2, -0.15) is 0 Å². The molecule has 0 spiro atoms. The number of benzene rings is 2. The van der Waals surface area contributed by atoms with Gasteiger partial charge >= 0.3 is 0 Å². The highest BCUT2D eigenvalue weighted by Gasteiger charge is 2.24. The van der Waals surface area contributed by atoms with Crippen molar-refractivity contribution in [3.8, 4) is 0 Å². The molecule has 1 aliphatic carbocycles. The third-order valence-electron chi connectivity index (χ3n) is 6.93. The highest BCUT2D eigenvalue weighted by atomic mass is 35.5. The first-order valence-corrected chi connectivity index (χ1v) is 12.4. The summed E-state index contributed by atoms with van der Waals surface area (Å²) >= 11 is 6.40. The fourth-order valence-electron chi connectivity index (χ4n) is 5.07. The zero-order valence-corrected chi connectivity index (χ0v) is 19.6. The molecule has 33 heavy (non-hydrogen) atoms. The molecule has 0 bridgehead atoms. The standard InChI is InChI=1S/C26H30ClN5O/c27-22-12-6-7-13-23(22)31-14-16-32(17-15-31)25-21-11-5-4-10-20(21)24(29-30-25)26(33)28-18-19-8-2-1-3-9-19/h4-7,10-13,19H,1-3,8-9,14-18H2,(H,28,33). The van der Waals surface area contributed by atoms with Gasteiger partial charge in [-0.25, -0.2) is 0 Å². The number of piperazine rings is 1. The number of carbonyl (C=O) groups excluding carboxylic acids is 1. The second-order valence-electron chi connectivity index (χ2n) is 9.06. The summed E-state index contributed by atoms with van der Waals surface area (Å²) in [6.07, 6.45) is 6.25. The predicted octanol–water partition coefficient (Wildman–Crippen LogP) is 4.92. The van der Waals surface area contributed by atoms with Crippen LogP contribution in [0.1, 0.15) is 42.6 Å². The van der Waals surface area contributed by atoms with Crippen LogP contribution < -0.4 is 15.1 Å². The summed E-state index contributed by atoms with van der Waals surface area (Å²) in [7, 11) is 0. The third-order valence-corrected chi connectivity index (χ3v) is 7.25. The summed E-state index contributed by atoms with van der Waals surface area (Å²) in [5.41, 5.74) is 1.49. The van der Waals surface area contributed by atoms with Crippen LogP contribution in [0.3, 0.4) is 0 Å². The molecule has 3 aromatic rings. The van der Waals surface area contributed by atoms with Crippen LogP contribution in [0.15, 0.2) is 48.5 Å². The molecule has 1 aromatic heterocycles. The topological polar surface area (TPSA) is 61.4 Å². The number of nitrogens with one attached hydrogen (secondary N) is 1. The van der Waals surface area contributed by atoms with Crippen molar-refractivity contribution in [2.24, 2.45) is 5.92 Å². The minimum Gasteiger partial charge on any atom is -0.367 e. The molecule has 1 N–H and O–H groups in total. The minimum atomic E-state index is -0.126. The number of hydrogen-bond acceptors (Lipinski definition) is 5. The van der Waals surface area contributed by atoms with Crippen molar-refractivity contribution in [3.05, 3.63) is 59.2 Å². The molecule has 2 aliphatic rings. The lowest BCUT2D eigenvalue weighted by molar-refractivity contribution is 0.0939.